The molecule has 0 unspecified atom stereocenters. The first kappa shape index (κ1) is 19.2. The van der Waals surface area contributed by atoms with E-state index in [0.717, 1.165) is 37.5 Å². The Labute approximate surface area is 173 Å². The van der Waals surface area contributed by atoms with E-state index in [1.165, 1.54) is 11.1 Å². The van der Waals surface area contributed by atoms with Crippen LogP contribution in [0.25, 0.3) is 0 Å². The van der Waals surface area contributed by atoms with Gasteiger partial charge in [0.05, 0.1) is 19.4 Å². The lowest BCUT2D eigenvalue weighted by atomic mass is 9.96. The molecule has 3 aromatic rings. The second-order valence-electron chi connectivity index (χ2n) is 7.20. The Morgan fingerprint density at radius 2 is 1.31 bits per heavy atom. The molecule has 0 bridgehead atoms. The van der Waals surface area contributed by atoms with Gasteiger partial charge in [-0.25, -0.2) is 0 Å². The van der Waals surface area contributed by atoms with Crippen LogP contribution in [0, 0.1) is 0 Å². The molecule has 0 atom stereocenters. The van der Waals surface area contributed by atoms with E-state index in [4.69, 9.17) is 9.84 Å². The maximum Gasteiger partial charge on any atom is 0.127 e. The fraction of sp³-hybridized carbons (Fsp3) is 0.240. The molecular formula is C25H27N3O. The number of hydrogen-bond donors (Lipinski definition) is 0. The van der Waals surface area contributed by atoms with E-state index in [9.17, 15) is 0 Å². The van der Waals surface area contributed by atoms with Crippen molar-refractivity contribution in [2.45, 2.75) is 6.04 Å². The highest BCUT2D eigenvalue weighted by molar-refractivity contribution is 5.83. The molecule has 1 aliphatic heterocycles. The first-order chi connectivity index (χ1) is 14.3. The molecule has 1 aliphatic rings. The second-order valence-corrected chi connectivity index (χ2v) is 7.20. The Kier molecular flexibility index (Phi) is 6.22. The van der Waals surface area contributed by atoms with Crippen LogP contribution in [0.3, 0.4) is 0 Å². The molecule has 29 heavy (non-hydrogen) atoms. The Balaban J connectivity index is 1.46. The highest BCUT2D eigenvalue weighted by Gasteiger charge is 2.25. The number of rotatable bonds is 6. The highest BCUT2D eigenvalue weighted by Crippen LogP contribution is 2.29. The Morgan fingerprint density at radius 3 is 1.90 bits per heavy atom. The predicted octanol–water partition coefficient (Wildman–Crippen LogP) is 4.44. The molecule has 4 rings (SSSR count). The third-order valence-electron chi connectivity index (χ3n) is 5.39. The highest BCUT2D eigenvalue weighted by atomic mass is 16.5. The van der Waals surface area contributed by atoms with Crippen molar-refractivity contribution in [2.24, 2.45) is 5.10 Å². The van der Waals surface area contributed by atoms with Crippen LogP contribution >= 0.6 is 0 Å². The molecule has 0 N–H and O–H groups in total. The molecule has 0 amide bonds. The summed E-state index contributed by atoms with van der Waals surface area (Å²) >= 11 is 0. The number of methoxy groups -OCH3 is 1. The third-order valence-corrected chi connectivity index (χ3v) is 5.39. The molecule has 4 nitrogen and oxygen atoms in total. The lowest BCUT2D eigenvalue weighted by Gasteiger charge is -2.38. The van der Waals surface area contributed by atoms with Gasteiger partial charge in [0.15, 0.2) is 0 Å². The first-order valence-corrected chi connectivity index (χ1v) is 10.1. The van der Waals surface area contributed by atoms with Gasteiger partial charge in [-0.05, 0) is 23.3 Å². The largest absolute Gasteiger partial charge is 0.496 e. The Hall–Kier alpha value is -3.11. The van der Waals surface area contributed by atoms with Crippen molar-refractivity contribution in [3.63, 3.8) is 0 Å². The first-order valence-electron chi connectivity index (χ1n) is 10.1. The van der Waals surface area contributed by atoms with Crippen molar-refractivity contribution in [1.29, 1.82) is 0 Å². The van der Waals surface area contributed by atoms with Crippen molar-refractivity contribution in [2.75, 3.05) is 33.3 Å². The van der Waals surface area contributed by atoms with Gasteiger partial charge in [0, 0.05) is 31.7 Å². The average molecular weight is 386 g/mol. The SMILES string of the molecule is COc1ccccc1C=NN1CCN(C(c2ccccc2)c2ccccc2)CC1. The Bertz CT molecular complexity index is 880. The van der Waals surface area contributed by atoms with E-state index in [1.54, 1.807) is 7.11 Å². The van der Waals surface area contributed by atoms with Gasteiger partial charge in [0.1, 0.15) is 5.75 Å². The molecule has 0 saturated carbocycles. The number of nitrogens with zero attached hydrogens (tertiary/aromatic N) is 3. The summed E-state index contributed by atoms with van der Waals surface area (Å²) in [5, 5.41) is 6.85. The number of ether oxygens (including phenoxy) is 1. The van der Waals surface area contributed by atoms with E-state index < -0.39 is 0 Å². The summed E-state index contributed by atoms with van der Waals surface area (Å²) < 4.78 is 5.41. The topological polar surface area (TPSA) is 28.1 Å². The van der Waals surface area contributed by atoms with Gasteiger partial charge < -0.3 is 4.74 Å². The van der Waals surface area contributed by atoms with Crippen molar-refractivity contribution >= 4 is 6.21 Å². The van der Waals surface area contributed by atoms with E-state index in [-0.39, 0.29) is 6.04 Å². The van der Waals surface area contributed by atoms with Crippen LogP contribution in [0.2, 0.25) is 0 Å². The van der Waals surface area contributed by atoms with Crippen LogP contribution < -0.4 is 4.74 Å². The third kappa shape index (κ3) is 4.66. The maximum atomic E-state index is 5.41. The van der Waals surface area contributed by atoms with Gasteiger partial charge in [-0.1, -0.05) is 72.8 Å². The van der Waals surface area contributed by atoms with Crippen LogP contribution in [0.1, 0.15) is 22.7 Å². The maximum absolute atomic E-state index is 5.41. The van der Waals surface area contributed by atoms with Gasteiger partial charge in [-0.15, -0.1) is 0 Å². The molecule has 0 aliphatic carbocycles. The minimum Gasteiger partial charge on any atom is -0.496 e. The normalized spacial score (nSPS) is 15.2. The number of benzene rings is 3. The molecule has 148 valence electrons. The summed E-state index contributed by atoms with van der Waals surface area (Å²) in [6.07, 6.45) is 1.90. The zero-order valence-electron chi connectivity index (χ0n) is 16.8. The van der Waals surface area contributed by atoms with Crippen molar-refractivity contribution in [3.05, 3.63) is 102 Å². The van der Waals surface area contributed by atoms with Gasteiger partial charge in [0.25, 0.3) is 0 Å². The molecule has 4 heteroatoms. The summed E-state index contributed by atoms with van der Waals surface area (Å²) in [6, 6.07) is 29.8. The lowest BCUT2D eigenvalue weighted by Crippen LogP contribution is -2.45. The van der Waals surface area contributed by atoms with Crippen LogP contribution in [0.5, 0.6) is 5.75 Å². The van der Waals surface area contributed by atoms with E-state index in [1.807, 2.05) is 30.5 Å². The smallest absolute Gasteiger partial charge is 0.127 e. The fourth-order valence-corrected chi connectivity index (χ4v) is 3.89. The zero-order chi connectivity index (χ0) is 19.9. The molecule has 0 spiro atoms. The Morgan fingerprint density at radius 1 is 0.759 bits per heavy atom. The summed E-state index contributed by atoms with van der Waals surface area (Å²) in [6.45, 7) is 3.75. The van der Waals surface area contributed by atoms with Crippen molar-refractivity contribution < 1.29 is 4.74 Å². The fourth-order valence-electron chi connectivity index (χ4n) is 3.89. The van der Waals surface area contributed by atoms with Crippen LogP contribution in [0.15, 0.2) is 90.0 Å². The molecule has 3 aromatic carbocycles. The van der Waals surface area contributed by atoms with Crippen LogP contribution in [0.4, 0.5) is 0 Å². The summed E-state index contributed by atoms with van der Waals surface area (Å²) in [4.78, 5) is 2.56. The zero-order valence-corrected chi connectivity index (χ0v) is 16.8. The number of para-hydroxylation sites is 1. The van der Waals surface area contributed by atoms with Gasteiger partial charge >= 0.3 is 0 Å². The summed E-state index contributed by atoms with van der Waals surface area (Å²) in [5.41, 5.74) is 3.68. The number of hydrogen-bond acceptors (Lipinski definition) is 4. The van der Waals surface area contributed by atoms with E-state index in [0.29, 0.717) is 0 Å². The molecule has 1 saturated heterocycles. The summed E-state index contributed by atoms with van der Waals surface area (Å²) in [7, 11) is 1.69. The number of hydrazone groups is 1. The lowest BCUT2D eigenvalue weighted by molar-refractivity contribution is 0.113. The van der Waals surface area contributed by atoms with Gasteiger partial charge in [-0.3, -0.25) is 9.91 Å². The van der Waals surface area contributed by atoms with E-state index >= 15 is 0 Å². The van der Waals surface area contributed by atoms with Crippen molar-refractivity contribution in [1.82, 2.24) is 9.91 Å². The molecule has 0 radical (unpaired) electrons. The van der Waals surface area contributed by atoms with Gasteiger partial charge in [0.2, 0.25) is 0 Å². The predicted molar refractivity (Wildman–Crippen MR) is 118 cm³/mol. The minimum absolute atomic E-state index is 0.276. The summed E-state index contributed by atoms with van der Waals surface area (Å²) in [5.74, 6) is 0.850. The van der Waals surface area contributed by atoms with Crippen LogP contribution in [-0.4, -0.2) is 49.4 Å². The molecule has 1 fully saturated rings. The minimum atomic E-state index is 0.276. The van der Waals surface area contributed by atoms with Crippen LogP contribution in [-0.2, 0) is 0 Å². The van der Waals surface area contributed by atoms with Gasteiger partial charge in [-0.2, -0.15) is 5.10 Å². The van der Waals surface area contributed by atoms with E-state index in [2.05, 4.69) is 70.6 Å². The average Bonchev–Trinajstić information content (AvgIpc) is 2.80. The molecular weight excluding hydrogens is 358 g/mol. The van der Waals surface area contributed by atoms with Crippen molar-refractivity contribution in [3.8, 4) is 5.75 Å². The molecule has 0 aromatic heterocycles. The standard InChI is InChI=1S/C25H27N3O/c1-29-24-15-9-8-14-23(24)20-26-28-18-16-27(17-19-28)25(21-10-4-2-5-11-21)22-12-6-3-7-13-22/h2-15,20,25H,16-19H2,1H3. The number of piperazine rings is 1. The quantitative estimate of drug-likeness (QED) is 0.588. The second kappa shape index (κ2) is 9.39. The molecule has 1 heterocycles. The monoisotopic (exact) mass is 385 g/mol.